The van der Waals surface area contributed by atoms with Crippen LogP contribution in [0.2, 0.25) is 0 Å². The molecule has 1 unspecified atom stereocenters. The van der Waals surface area contributed by atoms with E-state index in [0.717, 1.165) is 38.0 Å². The van der Waals surface area contributed by atoms with Crippen LogP contribution in [-0.2, 0) is 24.4 Å². The van der Waals surface area contributed by atoms with Gasteiger partial charge in [-0.25, -0.2) is 4.39 Å². The molecule has 4 N–H and O–H groups in total. The number of hydrogen-bond donors (Lipinski definition) is 3. The summed E-state index contributed by atoms with van der Waals surface area (Å²) in [6.45, 7) is 3.48. The molecule has 1 saturated heterocycles. The third-order valence-corrected chi connectivity index (χ3v) is 5.39. The molecular formula is C23H30FN5O. The standard InChI is InChI=1S/C23H30FN5O/c1-26-23(28-14-19-8-2-3-10-21(19)24)27-13-17-6-4-7-18(12-17)15-29-11-5-9-20(16-29)22(25)30/h2-4,6-8,10,12,20H,5,9,11,13-16H2,1H3,(H2,25,30)(H2,26,27,28). The van der Waals surface area contributed by atoms with Gasteiger partial charge in [-0.05, 0) is 36.6 Å². The average molecular weight is 412 g/mol. The van der Waals surface area contributed by atoms with Gasteiger partial charge in [-0.15, -0.1) is 0 Å². The molecule has 1 aliphatic heterocycles. The number of piperidine rings is 1. The van der Waals surface area contributed by atoms with Gasteiger partial charge in [0.05, 0.1) is 5.92 Å². The van der Waals surface area contributed by atoms with Crippen molar-refractivity contribution in [3.63, 3.8) is 0 Å². The van der Waals surface area contributed by atoms with Crippen LogP contribution in [0, 0.1) is 11.7 Å². The molecule has 3 rings (SSSR count). The fourth-order valence-corrected chi connectivity index (χ4v) is 3.75. The van der Waals surface area contributed by atoms with E-state index in [1.807, 2.05) is 12.1 Å². The molecule has 7 heteroatoms. The van der Waals surface area contributed by atoms with E-state index in [2.05, 4.69) is 38.7 Å². The molecule has 1 fully saturated rings. The van der Waals surface area contributed by atoms with Gasteiger partial charge in [0.1, 0.15) is 5.82 Å². The number of guanidine groups is 1. The Morgan fingerprint density at radius 1 is 1.17 bits per heavy atom. The molecule has 0 saturated carbocycles. The zero-order chi connectivity index (χ0) is 21.3. The average Bonchev–Trinajstić information content (AvgIpc) is 2.75. The van der Waals surface area contributed by atoms with Crippen molar-refractivity contribution in [2.24, 2.45) is 16.6 Å². The molecule has 0 aromatic heterocycles. The Kier molecular flexibility index (Phi) is 7.79. The van der Waals surface area contributed by atoms with E-state index in [1.54, 1.807) is 19.2 Å². The summed E-state index contributed by atoms with van der Waals surface area (Å²) in [5, 5.41) is 6.41. The lowest BCUT2D eigenvalue weighted by Crippen LogP contribution is -2.40. The fourth-order valence-electron chi connectivity index (χ4n) is 3.75. The van der Waals surface area contributed by atoms with Crippen molar-refractivity contribution in [3.8, 4) is 0 Å². The molecule has 1 amide bonds. The minimum Gasteiger partial charge on any atom is -0.369 e. The second-order valence-corrected chi connectivity index (χ2v) is 7.67. The Labute approximate surface area is 177 Å². The van der Waals surface area contributed by atoms with Gasteiger partial charge >= 0.3 is 0 Å². The summed E-state index contributed by atoms with van der Waals surface area (Å²) in [7, 11) is 1.69. The second kappa shape index (κ2) is 10.7. The lowest BCUT2D eigenvalue weighted by molar-refractivity contribution is -0.123. The molecule has 160 valence electrons. The smallest absolute Gasteiger partial charge is 0.221 e. The molecule has 0 spiro atoms. The Balaban J connectivity index is 1.51. The Morgan fingerprint density at radius 3 is 2.70 bits per heavy atom. The topological polar surface area (TPSA) is 82.8 Å². The second-order valence-electron chi connectivity index (χ2n) is 7.67. The van der Waals surface area contributed by atoms with E-state index in [1.165, 1.54) is 11.6 Å². The number of aliphatic imine (C=N–C) groups is 1. The van der Waals surface area contributed by atoms with E-state index >= 15 is 0 Å². The zero-order valence-corrected chi connectivity index (χ0v) is 17.4. The van der Waals surface area contributed by atoms with Crippen molar-refractivity contribution < 1.29 is 9.18 Å². The first-order valence-electron chi connectivity index (χ1n) is 10.3. The predicted molar refractivity (Wildman–Crippen MR) is 117 cm³/mol. The summed E-state index contributed by atoms with van der Waals surface area (Å²) < 4.78 is 13.8. The van der Waals surface area contributed by atoms with Crippen molar-refractivity contribution in [3.05, 3.63) is 71.0 Å². The molecule has 1 heterocycles. The quantitative estimate of drug-likeness (QED) is 0.483. The third kappa shape index (κ3) is 6.29. The van der Waals surface area contributed by atoms with Crippen LogP contribution >= 0.6 is 0 Å². The molecule has 0 aliphatic carbocycles. The number of amides is 1. The Morgan fingerprint density at radius 2 is 1.93 bits per heavy atom. The number of nitrogens with zero attached hydrogens (tertiary/aromatic N) is 2. The predicted octanol–water partition coefficient (Wildman–Crippen LogP) is 2.39. The van der Waals surface area contributed by atoms with Crippen LogP contribution in [0.1, 0.15) is 29.5 Å². The number of benzene rings is 2. The number of primary amides is 1. The van der Waals surface area contributed by atoms with E-state index in [-0.39, 0.29) is 17.6 Å². The summed E-state index contributed by atoms with van der Waals surface area (Å²) in [6, 6.07) is 15.1. The van der Waals surface area contributed by atoms with Gasteiger partial charge in [0, 0.05) is 38.8 Å². The summed E-state index contributed by atoms with van der Waals surface area (Å²) in [5.41, 5.74) is 8.41. The van der Waals surface area contributed by atoms with Crippen molar-refractivity contribution >= 4 is 11.9 Å². The highest BCUT2D eigenvalue weighted by molar-refractivity contribution is 5.79. The fraction of sp³-hybridized carbons (Fsp3) is 0.391. The van der Waals surface area contributed by atoms with Crippen LogP contribution in [0.4, 0.5) is 4.39 Å². The number of rotatable bonds is 7. The zero-order valence-electron chi connectivity index (χ0n) is 17.4. The van der Waals surface area contributed by atoms with E-state index < -0.39 is 0 Å². The lowest BCUT2D eigenvalue weighted by atomic mass is 9.97. The largest absolute Gasteiger partial charge is 0.369 e. The minimum atomic E-state index is -0.232. The van der Waals surface area contributed by atoms with Gasteiger partial charge in [-0.2, -0.15) is 0 Å². The Hall–Kier alpha value is -2.93. The molecule has 1 aliphatic rings. The van der Waals surface area contributed by atoms with Gasteiger partial charge < -0.3 is 16.4 Å². The van der Waals surface area contributed by atoms with Crippen LogP contribution < -0.4 is 16.4 Å². The normalized spacial score (nSPS) is 17.5. The van der Waals surface area contributed by atoms with Crippen molar-refractivity contribution in [2.75, 3.05) is 20.1 Å². The first-order chi connectivity index (χ1) is 14.5. The molecule has 2 aromatic rings. The van der Waals surface area contributed by atoms with Crippen LogP contribution in [0.15, 0.2) is 53.5 Å². The number of nitrogens with one attached hydrogen (secondary N) is 2. The Bertz CT molecular complexity index is 885. The monoisotopic (exact) mass is 411 g/mol. The lowest BCUT2D eigenvalue weighted by Gasteiger charge is -2.31. The van der Waals surface area contributed by atoms with Crippen LogP contribution in [-0.4, -0.2) is 36.9 Å². The van der Waals surface area contributed by atoms with Gasteiger partial charge in [-0.1, -0.05) is 42.5 Å². The summed E-state index contributed by atoms with van der Waals surface area (Å²) >= 11 is 0. The number of halogens is 1. The highest BCUT2D eigenvalue weighted by atomic mass is 19.1. The number of likely N-dealkylation sites (tertiary alicyclic amines) is 1. The third-order valence-electron chi connectivity index (χ3n) is 5.39. The highest BCUT2D eigenvalue weighted by Gasteiger charge is 2.23. The minimum absolute atomic E-state index is 0.0487. The molecule has 6 nitrogen and oxygen atoms in total. The maximum absolute atomic E-state index is 13.8. The molecule has 0 bridgehead atoms. The summed E-state index contributed by atoms with van der Waals surface area (Å²) in [4.78, 5) is 18.0. The molecule has 2 aromatic carbocycles. The summed E-state index contributed by atoms with van der Waals surface area (Å²) in [6.07, 6.45) is 1.88. The SMILES string of the molecule is CN=C(NCc1cccc(CN2CCCC(C(N)=O)C2)c1)NCc1ccccc1F. The molecule has 1 atom stereocenters. The van der Waals surface area contributed by atoms with E-state index in [4.69, 9.17) is 5.73 Å². The highest BCUT2D eigenvalue weighted by Crippen LogP contribution is 2.18. The van der Waals surface area contributed by atoms with Gasteiger partial charge in [0.25, 0.3) is 0 Å². The maximum Gasteiger partial charge on any atom is 0.221 e. The van der Waals surface area contributed by atoms with Gasteiger partial charge in [0.2, 0.25) is 5.91 Å². The van der Waals surface area contributed by atoms with E-state index in [9.17, 15) is 9.18 Å². The van der Waals surface area contributed by atoms with Crippen molar-refractivity contribution in [2.45, 2.75) is 32.5 Å². The first kappa shape index (κ1) is 21.8. The van der Waals surface area contributed by atoms with E-state index in [0.29, 0.717) is 24.6 Å². The first-order valence-corrected chi connectivity index (χ1v) is 10.3. The number of hydrogen-bond acceptors (Lipinski definition) is 3. The molecule has 0 radical (unpaired) electrons. The number of carbonyl (C=O) groups is 1. The summed E-state index contributed by atoms with van der Waals surface area (Å²) in [5.74, 6) is 0.132. The number of nitrogens with two attached hydrogens (primary N) is 1. The van der Waals surface area contributed by atoms with Crippen LogP contribution in [0.3, 0.4) is 0 Å². The van der Waals surface area contributed by atoms with Crippen LogP contribution in [0.25, 0.3) is 0 Å². The molecular weight excluding hydrogens is 381 g/mol. The van der Waals surface area contributed by atoms with Crippen molar-refractivity contribution in [1.82, 2.24) is 15.5 Å². The van der Waals surface area contributed by atoms with Gasteiger partial charge in [0.15, 0.2) is 5.96 Å². The number of carbonyl (C=O) groups excluding carboxylic acids is 1. The van der Waals surface area contributed by atoms with Gasteiger partial charge in [-0.3, -0.25) is 14.7 Å². The van der Waals surface area contributed by atoms with Crippen LogP contribution in [0.5, 0.6) is 0 Å². The maximum atomic E-state index is 13.8. The van der Waals surface area contributed by atoms with Crippen molar-refractivity contribution in [1.29, 1.82) is 0 Å². The molecule has 30 heavy (non-hydrogen) atoms.